The molecular weight excluding hydrogens is 168 g/mol. The first-order valence-electron chi connectivity index (χ1n) is 5.06. The molecule has 74 valence electrons. The third-order valence-corrected chi connectivity index (χ3v) is 3.76. The van der Waals surface area contributed by atoms with Crippen molar-refractivity contribution >= 4 is 5.97 Å². The van der Waals surface area contributed by atoms with Crippen LogP contribution in [0.5, 0.6) is 0 Å². The Labute approximate surface area is 77.8 Å². The molecule has 0 aliphatic heterocycles. The monoisotopic (exact) mass is 184 g/mol. The summed E-state index contributed by atoms with van der Waals surface area (Å²) in [5.41, 5.74) is -0.560. The van der Waals surface area contributed by atoms with Crippen molar-refractivity contribution in [2.24, 2.45) is 11.3 Å². The summed E-state index contributed by atoms with van der Waals surface area (Å²) in [7, 11) is 0. The summed E-state index contributed by atoms with van der Waals surface area (Å²) in [5, 5.41) is 18.4. The van der Waals surface area contributed by atoms with E-state index in [1.807, 2.05) is 0 Å². The summed E-state index contributed by atoms with van der Waals surface area (Å²) in [6.45, 7) is 0. The van der Waals surface area contributed by atoms with Gasteiger partial charge in [-0.05, 0) is 31.6 Å². The summed E-state index contributed by atoms with van der Waals surface area (Å²) < 4.78 is 0. The zero-order chi connectivity index (χ0) is 9.47. The van der Waals surface area contributed by atoms with Crippen molar-refractivity contribution in [3.63, 3.8) is 0 Å². The van der Waals surface area contributed by atoms with Gasteiger partial charge >= 0.3 is 5.97 Å². The molecule has 0 radical (unpaired) electrons. The first-order chi connectivity index (χ1) is 6.15. The molecule has 3 heteroatoms. The molecule has 0 aromatic heterocycles. The number of aliphatic hydroxyl groups is 1. The predicted molar refractivity (Wildman–Crippen MR) is 47.3 cm³/mol. The number of rotatable bonds is 2. The van der Waals surface area contributed by atoms with Crippen LogP contribution in [0.25, 0.3) is 0 Å². The lowest BCUT2D eigenvalue weighted by Crippen LogP contribution is -2.51. The lowest BCUT2D eigenvalue weighted by molar-refractivity contribution is -0.170. The second kappa shape index (κ2) is 2.98. The zero-order valence-corrected chi connectivity index (χ0v) is 7.70. The van der Waals surface area contributed by atoms with E-state index in [9.17, 15) is 9.90 Å². The van der Waals surface area contributed by atoms with Crippen molar-refractivity contribution in [1.82, 2.24) is 0 Å². The number of carboxylic acid groups (broad SMARTS) is 1. The Bertz CT molecular complexity index is 212. The van der Waals surface area contributed by atoms with Crippen LogP contribution >= 0.6 is 0 Å². The Morgan fingerprint density at radius 2 is 1.77 bits per heavy atom. The van der Waals surface area contributed by atoms with Crippen LogP contribution in [0.4, 0.5) is 0 Å². The van der Waals surface area contributed by atoms with Gasteiger partial charge in [-0.25, -0.2) is 0 Å². The Balaban J connectivity index is 2.10. The van der Waals surface area contributed by atoms with Gasteiger partial charge in [0.15, 0.2) is 0 Å². The fourth-order valence-corrected chi connectivity index (χ4v) is 2.94. The van der Waals surface area contributed by atoms with Crippen molar-refractivity contribution in [3.8, 4) is 0 Å². The molecule has 3 nitrogen and oxygen atoms in total. The van der Waals surface area contributed by atoms with Crippen LogP contribution in [-0.4, -0.2) is 22.3 Å². The smallest absolute Gasteiger partial charge is 0.310 e. The molecule has 13 heavy (non-hydrogen) atoms. The molecule has 0 saturated heterocycles. The fourth-order valence-electron chi connectivity index (χ4n) is 2.94. The summed E-state index contributed by atoms with van der Waals surface area (Å²) in [6, 6.07) is 0. The molecule has 2 fully saturated rings. The number of aliphatic carboxylic acids is 1. The molecule has 0 atom stereocenters. The number of hydrogen-bond donors (Lipinski definition) is 2. The van der Waals surface area contributed by atoms with Crippen LogP contribution in [0.1, 0.15) is 38.5 Å². The number of carboxylic acids is 1. The third-order valence-electron chi connectivity index (χ3n) is 3.76. The predicted octanol–water partition coefficient (Wildman–Crippen LogP) is 1.40. The highest BCUT2D eigenvalue weighted by molar-refractivity contribution is 5.76. The topological polar surface area (TPSA) is 57.5 Å². The van der Waals surface area contributed by atoms with Gasteiger partial charge in [-0.15, -0.1) is 0 Å². The highest BCUT2D eigenvalue weighted by Crippen LogP contribution is 2.53. The quantitative estimate of drug-likeness (QED) is 0.682. The van der Waals surface area contributed by atoms with Crippen LogP contribution in [0, 0.1) is 11.3 Å². The van der Waals surface area contributed by atoms with E-state index in [-0.39, 0.29) is 6.10 Å². The maximum Gasteiger partial charge on any atom is 0.310 e. The normalized spacial score (nSPS) is 40.2. The highest BCUT2D eigenvalue weighted by atomic mass is 16.4. The molecule has 2 N–H and O–H groups in total. The summed E-state index contributed by atoms with van der Waals surface area (Å²) in [6.07, 6.45) is 5.00. The van der Waals surface area contributed by atoms with Gasteiger partial charge in [0.2, 0.25) is 0 Å². The van der Waals surface area contributed by atoms with Gasteiger partial charge in [0, 0.05) is 0 Å². The SMILES string of the molecule is O=C(O)C1(C2CCCC2)CC(O)C1. The van der Waals surface area contributed by atoms with E-state index >= 15 is 0 Å². The summed E-state index contributed by atoms with van der Waals surface area (Å²) in [5.74, 6) is -0.363. The van der Waals surface area contributed by atoms with Crippen LogP contribution in [0.3, 0.4) is 0 Å². The summed E-state index contributed by atoms with van der Waals surface area (Å²) in [4.78, 5) is 11.1. The maximum atomic E-state index is 11.1. The molecule has 2 rings (SSSR count). The van der Waals surface area contributed by atoms with Gasteiger partial charge in [0.05, 0.1) is 11.5 Å². The van der Waals surface area contributed by atoms with Gasteiger partial charge in [-0.1, -0.05) is 12.8 Å². The molecule has 0 aromatic carbocycles. The van der Waals surface area contributed by atoms with E-state index in [0.717, 1.165) is 25.7 Å². The number of aliphatic hydroxyl groups excluding tert-OH is 1. The van der Waals surface area contributed by atoms with Gasteiger partial charge < -0.3 is 10.2 Å². The average molecular weight is 184 g/mol. The summed E-state index contributed by atoms with van der Waals surface area (Å²) >= 11 is 0. The van der Waals surface area contributed by atoms with Gasteiger partial charge in [0.25, 0.3) is 0 Å². The minimum atomic E-state index is -0.690. The molecule has 2 aliphatic carbocycles. The van der Waals surface area contributed by atoms with Gasteiger partial charge in [-0.2, -0.15) is 0 Å². The van der Waals surface area contributed by atoms with E-state index in [0.29, 0.717) is 18.8 Å². The van der Waals surface area contributed by atoms with E-state index in [1.54, 1.807) is 0 Å². The first-order valence-corrected chi connectivity index (χ1v) is 5.06. The van der Waals surface area contributed by atoms with E-state index < -0.39 is 11.4 Å². The Morgan fingerprint density at radius 3 is 2.15 bits per heavy atom. The Kier molecular flexibility index (Phi) is 2.06. The average Bonchev–Trinajstić information content (AvgIpc) is 2.49. The van der Waals surface area contributed by atoms with Crippen molar-refractivity contribution in [2.75, 3.05) is 0 Å². The minimum absolute atomic E-state index is 0.327. The molecule has 2 saturated carbocycles. The largest absolute Gasteiger partial charge is 0.481 e. The minimum Gasteiger partial charge on any atom is -0.481 e. The van der Waals surface area contributed by atoms with Gasteiger partial charge in [-0.3, -0.25) is 4.79 Å². The van der Waals surface area contributed by atoms with E-state index in [4.69, 9.17) is 5.11 Å². The molecule has 0 heterocycles. The third kappa shape index (κ3) is 1.26. The van der Waals surface area contributed by atoms with Crippen molar-refractivity contribution in [2.45, 2.75) is 44.6 Å². The van der Waals surface area contributed by atoms with Crippen LogP contribution < -0.4 is 0 Å². The second-order valence-corrected chi connectivity index (χ2v) is 4.50. The molecular formula is C10H16O3. The zero-order valence-electron chi connectivity index (χ0n) is 7.70. The van der Waals surface area contributed by atoms with Crippen molar-refractivity contribution in [1.29, 1.82) is 0 Å². The second-order valence-electron chi connectivity index (χ2n) is 4.50. The van der Waals surface area contributed by atoms with E-state index in [1.165, 1.54) is 0 Å². The Morgan fingerprint density at radius 1 is 1.23 bits per heavy atom. The molecule has 0 unspecified atom stereocenters. The number of hydrogen-bond acceptors (Lipinski definition) is 2. The Hall–Kier alpha value is -0.570. The highest BCUT2D eigenvalue weighted by Gasteiger charge is 2.55. The molecule has 0 bridgehead atoms. The van der Waals surface area contributed by atoms with E-state index in [2.05, 4.69) is 0 Å². The first kappa shape index (κ1) is 9.00. The lowest BCUT2D eigenvalue weighted by atomic mass is 9.59. The van der Waals surface area contributed by atoms with Crippen molar-refractivity contribution in [3.05, 3.63) is 0 Å². The van der Waals surface area contributed by atoms with Gasteiger partial charge in [0.1, 0.15) is 0 Å². The van der Waals surface area contributed by atoms with Crippen LogP contribution in [-0.2, 0) is 4.79 Å². The molecule has 0 spiro atoms. The van der Waals surface area contributed by atoms with Crippen molar-refractivity contribution < 1.29 is 15.0 Å². The van der Waals surface area contributed by atoms with Crippen LogP contribution in [0.2, 0.25) is 0 Å². The van der Waals surface area contributed by atoms with Crippen LogP contribution in [0.15, 0.2) is 0 Å². The number of carbonyl (C=O) groups is 1. The molecule has 0 aromatic rings. The fraction of sp³-hybridized carbons (Fsp3) is 0.900. The standard InChI is InChI=1S/C10H16O3/c11-8-5-10(6-8,9(12)13)7-3-1-2-4-7/h7-8,11H,1-6H2,(H,12,13). The maximum absolute atomic E-state index is 11.1. The molecule has 2 aliphatic rings. The molecule has 0 amide bonds. The lowest BCUT2D eigenvalue weighted by Gasteiger charge is -2.46.